The van der Waals surface area contributed by atoms with Crippen LogP contribution in [0.4, 0.5) is 0 Å². The van der Waals surface area contributed by atoms with Crippen LogP contribution < -0.4 is 9.47 Å². The summed E-state index contributed by atoms with van der Waals surface area (Å²) in [6, 6.07) is 16.1. The van der Waals surface area contributed by atoms with Crippen LogP contribution in [0.5, 0.6) is 11.5 Å². The molecule has 190 valence electrons. The number of benzene rings is 2. The van der Waals surface area contributed by atoms with Gasteiger partial charge in [-0.1, -0.05) is 51.3 Å². The van der Waals surface area contributed by atoms with Crippen LogP contribution in [0.25, 0.3) is 0 Å². The molecule has 3 rings (SSSR count). The van der Waals surface area contributed by atoms with Gasteiger partial charge in [0.2, 0.25) is 0 Å². The summed E-state index contributed by atoms with van der Waals surface area (Å²) in [6.45, 7) is 7.26. The minimum atomic E-state index is -0.0647. The third-order valence-electron chi connectivity index (χ3n) is 7.31. The summed E-state index contributed by atoms with van der Waals surface area (Å²) in [5.74, 6) is 3.43. The molecule has 1 fully saturated rings. The minimum Gasteiger partial charge on any atom is -0.494 e. The lowest BCUT2D eigenvalue weighted by atomic mass is 9.77. The molecule has 0 heterocycles. The average molecular weight is 477 g/mol. The monoisotopic (exact) mass is 476 g/mol. The van der Waals surface area contributed by atoms with Crippen molar-refractivity contribution in [3.63, 3.8) is 0 Å². The number of ketones is 1. The van der Waals surface area contributed by atoms with Crippen LogP contribution in [0.15, 0.2) is 61.2 Å². The molecule has 0 aliphatic heterocycles. The Morgan fingerprint density at radius 3 is 1.91 bits per heavy atom. The van der Waals surface area contributed by atoms with Crippen molar-refractivity contribution in [2.24, 2.45) is 5.92 Å². The minimum absolute atomic E-state index is 0.0647. The lowest BCUT2D eigenvalue weighted by molar-refractivity contribution is 0.104. The Morgan fingerprint density at radius 1 is 0.800 bits per heavy atom. The molecule has 0 saturated heterocycles. The van der Waals surface area contributed by atoms with E-state index in [4.69, 9.17) is 9.47 Å². The smallest absolute Gasteiger partial charge is 0.185 e. The zero-order chi connectivity index (χ0) is 24.7. The Hall–Kier alpha value is -2.55. The van der Waals surface area contributed by atoms with Gasteiger partial charge in [-0.25, -0.2) is 0 Å². The van der Waals surface area contributed by atoms with Crippen molar-refractivity contribution in [3.05, 3.63) is 72.3 Å². The van der Waals surface area contributed by atoms with Crippen LogP contribution in [-0.2, 0) is 0 Å². The molecule has 3 nitrogen and oxygen atoms in total. The quantitative estimate of drug-likeness (QED) is 0.138. The van der Waals surface area contributed by atoms with E-state index < -0.39 is 0 Å². The van der Waals surface area contributed by atoms with Crippen molar-refractivity contribution in [1.29, 1.82) is 0 Å². The fraction of sp³-hybridized carbons (Fsp3) is 0.531. The summed E-state index contributed by atoms with van der Waals surface area (Å²) in [4.78, 5) is 11.6. The van der Waals surface area contributed by atoms with Crippen LogP contribution in [0, 0.1) is 5.92 Å². The Balaban J connectivity index is 1.22. The Bertz CT molecular complexity index is 861. The molecule has 0 bridgehead atoms. The number of hydrogen-bond donors (Lipinski definition) is 0. The second-order valence-electron chi connectivity index (χ2n) is 9.99. The van der Waals surface area contributed by atoms with Gasteiger partial charge in [0, 0.05) is 5.56 Å². The first-order valence-electron chi connectivity index (χ1n) is 13.8. The fourth-order valence-electron chi connectivity index (χ4n) is 5.07. The molecule has 0 amide bonds. The van der Waals surface area contributed by atoms with Gasteiger partial charge in [-0.2, -0.15) is 0 Å². The predicted molar refractivity (Wildman–Crippen MR) is 146 cm³/mol. The van der Waals surface area contributed by atoms with Crippen molar-refractivity contribution in [2.45, 2.75) is 89.9 Å². The summed E-state index contributed by atoms with van der Waals surface area (Å²) in [6.07, 6.45) is 16.7. The van der Waals surface area contributed by atoms with E-state index in [1.165, 1.54) is 63.0 Å². The molecule has 0 N–H and O–H groups in total. The van der Waals surface area contributed by atoms with Crippen LogP contribution in [0.2, 0.25) is 0 Å². The van der Waals surface area contributed by atoms with Crippen molar-refractivity contribution < 1.29 is 14.3 Å². The maximum absolute atomic E-state index is 11.6. The molecule has 0 spiro atoms. The molecule has 1 aliphatic carbocycles. The molecule has 2 aromatic rings. The molecule has 0 unspecified atom stereocenters. The van der Waals surface area contributed by atoms with E-state index in [0.29, 0.717) is 12.2 Å². The highest BCUT2D eigenvalue weighted by Gasteiger charge is 2.22. The highest BCUT2D eigenvalue weighted by molar-refractivity contribution is 6.04. The molecule has 1 saturated carbocycles. The molecule has 3 heteroatoms. The van der Waals surface area contributed by atoms with Gasteiger partial charge in [-0.3, -0.25) is 4.79 Å². The Labute approximate surface area is 212 Å². The molecule has 35 heavy (non-hydrogen) atoms. The van der Waals surface area contributed by atoms with Crippen LogP contribution >= 0.6 is 0 Å². The number of rotatable bonds is 16. The van der Waals surface area contributed by atoms with E-state index in [1.807, 2.05) is 12.1 Å². The lowest BCUT2D eigenvalue weighted by Gasteiger charge is -2.29. The molecule has 2 aromatic carbocycles. The zero-order valence-corrected chi connectivity index (χ0v) is 21.7. The van der Waals surface area contributed by atoms with Crippen molar-refractivity contribution >= 4 is 5.78 Å². The predicted octanol–water partition coefficient (Wildman–Crippen LogP) is 8.93. The first-order chi connectivity index (χ1) is 17.2. The number of ether oxygens (including phenoxy) is 2. The highest BCUT2D eigenvalue weighted by Crippen LogP contribution is 2.38. The van der Waals surface area contributed by atoms with Crippen LogP contribution in [-0.4, -0.2) is 19.0 Å². The molecule has 0 atom stereocenters. The third-order valence-corrected chi connectivity index (χ3v) is 7.31. The normalized spacial score (nSPS) is 17.6. The van der Waals surface area contributed by atoms with E-state index in [0.717, 1.165) is 55.6 Å². The SMILES string of the molecule is C=CC(=O)c1ccc(OCCCCCCOc2ccc(C3CCC(CCCCC)CC3)cc2)cc1. The van der Waals surface area contributed by atoms with Gasteiger partial charge >= 0.3 is 0 Å². The van der Waals surface area contributed by atoms with Crippen molar-refractivity contribution in [3.8, 4) is 11.5 Å². The Morgan fingerprint density at radius 2 is 1.37 bits per heavy atom. The third kappa shape index (κ3) is 9.55. The zero-order valence-electron chi connectivity index (χ0n) is 21.7. The van der Waals surface area contributed by atoms with E-state index in [1.54, 1.807) is 12.1 Å². The number of allylic oxidation sites excluding steroid dienone is 1. The van der Waals surface area contributed by atoms with Gasteiger partial charge in [0.15, 0.2) is 5.78 Å². The van der Waals surface area contributed by atoms with Crippen molar-refractivity contribution in [1.82, 2.24) is 0 Å². The summed E-state index contributed by atoms with van der Waals surface area (Å²) in [5.41, 5.74) is 2.13. The van der Waals surface area contributed by atoms with Crippen molar-refractivity contribution in [2.75, 3.05) is 13.2 Å². The van der Waals surface area contributed by atoms with Gasteiger partial charge in [-0.05, 0) is 111 Å². The van der Waals surface area contributed by atoms with E-state index in [9.17, 15) is 4.79 Å². The van der Waals surface area contributed by atoms with Crippen LogP contribution in [0.3, 0.4) is 0 Å². The summed E-state index contributed by atoms with van der Waals surface area (Å²) in [7, 11) is 0. The number of carbonyl (C=O) groups excluding carboxylic acids is 1. The molecule has 1 aliphatic rings. The molecular weight excluding hydrogens is 432 g/mol. The largest absolute Gasteiger partial charge is 0.494 e. The van der Waals surface area contributed by atoms with E-state index >= 15 is 0 Å². The number of unbranched alkanes of at least 4 members (excludes halogenated alkanes) is 5. The topological polar surface area (TPSA) is 35.5 Å². The van der Waals surface area contributed by atoms with Gasteiger partial charge < -0.3 is 9.47 Å². The number of hydrogen-bond acceptors (Lipinski definition) is 3. The maximum Gasteiger partial charge on any atom is 0.185 e. The van der Waals surface area contributed by atoms with E-state index in [-0.39, 0.29) is 5.78 Å². The van der Waals surface area contributed by atoms with Crippen LogP contribution in [0.1, 0.15) is 106 Å². The fourth-order valence-corrected chi connectivity index (χ4v) is 5.07. The lowest BCUT2D eigenvalue weighted by Crippen LogP contribution is -2.13. The molecular formula is C32H44O3. The second-order valence-corrected chi connectivity index (χ2v) is 9.99. The van der Waals surface area contributed by atoms with Gasteiger partial charge in [0.25, 0.3) is 0 Å². The van der Waals surface area contributed by atoms with E-state index in [2.05, 4.69) is 37.8 Å². The first kappa shape index (κ1) is 27.0. The highest BCUT2D eigenvalue weighted by atomic mass is 16.5. The summed E-state index contributed by atoms with van der Waals surface area (Å²) >= 11 is 0. The van der Waals surface area contributed by atoms with Gasteiger partial charge in [-0.15, -0.1) is 0 Å². The first-order valence-corrected chi connectivity index (χ1v) is 13.8. The second kappa shape index (κ2) is 15.4. The average Bonchev–Trinajstić information content (AvgIpc) is 2.91. The molecule has 0 radical (unpaired) electrons. The Kier molecular flexibility index (Phi) is 11.9. The number of carbonyl (C=O) groups is 1. The summed E-state index contributed by atoms with van der Waals surface area (Å²) < 4.78 is 11.7. The van der Waals surface area contributed by atoms with Gasteiger partial charge in [0.05, 0.1) is 13.2 Å². The summed E-state index contributed by atoms with van der Waals surface area (Å²) in [5, 5.41) is 0. The van der Waals surface area contributed by atoms with Gasteiger partial charge in [0.1, 0.15) is 11.5 Å². The standard InChI is InChI=1S/C32H44O3/c1-3-5-8-11-26-12-14-27(15-13-26)28-16-20-30(21-17-28)34-24-9-6-7-10-25-35-31-22-18-29(19-23-31)32(33)4-2/h4,16-23,26-27H,2-3,5-15,24-25H2,1H3. The molecule has 0 aromatic heterocycles. The maximum atomic E-state index is 11.6.